The zero-order valence-electron chi connectivity index (χ0n) is 12.4. The first-order chi connectivity index (χ1) is 9.31. The summed E-state index contributed by atoms with van der Waals surface area (Å²) in [4.78, 5) is 25.0. The van der Waals surface area contributed by atoms with E-state index < -0.39 is 17.5 Å². The third-order valence-electron chi connectivity index (χ3n) is 3.39. The van der Waals surface area contributed by atoms with Crippen LogP contribution in [-0.2, 0) is 4.79 Å². The monoisotopic (exact) mass is 278 g/mol. The first kappa shape index (κ1) is 16.0. The standard InChI is InChI=1S/C15H22N2O3/c1-5-10-15(3,13(18)19)16-14(20)17(4)12-9-7-6-8-11(12)2/h6-9H,5,10H2,1-4H3,(H,16,20)(H,18,19). The van der Waals surface area contributed by atoms with Gasteiger partial charge in [-0.15, -0.1) is 0 Å². The van der Waals surface area contributed by atoms with Gasteiger partial charge in [0, 0.05) is 12.7 Å². The van der Waals surface area contributed by atoms with Gasteiger partial charge in [0.15, 0.2) is 0 Å². The molecule has 0 spiro atoms. The summed E-state index contributed by atoms with van der Waals surface area (Å²) in [6.07, 6.45) is 1.06. The average molecular weight is 278 g/mol. The summed E-state index contributed by atoms with van der Waals surface area (Å²) in [6.45, 7) is 5.32. The van der Waals surface area contributed by atoms with Crippen LogP contribution in [-0.4, -0.2) is 29.7 Å². The number of anilines is 1. The maximum absolute atomic E-state index is 12.2. The van der Waals surface area contributed by atoms with Crippen molar-refractivity contribution < 1.29 is 14.7 Å². The average Bonchev–Trinajstić information content (AvgIpc) is 2.38. The fraction of sp³-hybridized carbons (Fsp3) is 0.467. The lowest BCUT2D eigenvalue weighted by Crippen LogP contribution is -2.55. The molecular formula is C15H22N2O3. The Balaban J connectivity index is 2.90. The quantitative estimate of drug-likeness (QED) is 0.870. The van der Waals surface area contributed by atoms with E-state index in [9.17, 15) is 14.7 Å². The van der Waals surface area contributed by atoms with Crippen LogP contribution in [0.15, 0.2) is 24.3 Å². The second kappa shape index (κ2) is 6.41. The molecule has 110 valence electrons. The van der Waals surface area contributed by atoms with Crippen LogP contribution >= 0.6 is 0 Å². The van der Waals surface area contributed by atoms with Gasteiger partial charge in [-0.25, -0.2) is 9.59 Å². The topological polar surface area (TPSA) is 69.6 Å². The maximum atomic E-state index is 12.2. The number of para-hydroxylation sites is 1. The number of hydrogen-bond donors (Lipinski definition) is 2. The fourth-order valence-corrected chi connectivity index (χ4v) is 2.09. The minimum atomic E-state index is -1.25. The number of benzene rings is 1. The Labute approximate surface area is 119 Å². The molecule has 0 aliphatic carbocycles. The number of amides is 2. The Morgan fingerprint density at radius 2 is 1.95 bits per heavy atom. The smallest absolute Gasteiger partial charge is 0.329 e. The highest BCUT2D eigenvalue weighted by Crippen LogP contribution is 2.19. The molecule has 2 N–H and O–H groups in total. The molecule has 20 heavy (non-hydrogen) atoms. The third kappa shape index (κ3) is 3.50. The second-order valence-corrected chi connectivity index (χ2v) is 5.16. The highest BCUT2D eigenvalue weighted by molar-refractivity contribution is 5.95. The number of carbonyl (C=O) groups excluding carboxylic acids is 1. The summed E-state index contributed by atoms with van der Waals surface area (Å²) < 4.78 is 0. The predicted octanol–water partition coefficient (Wildman–Crippen LogP) is 2.78. The maximum Gasteiger partial charge on any atom is 0.329 e. The summed E-state index contributed by atoms with van der Waals surface area (Å²) in [5.41, 5.74) is 0.467. The van der Waals surface area contributed by atoms with Crippen molar-refractivity contribution in [3.8, 4) is 0 Å². The van der Waals surface area contributed by atoms with Gasteiger partial charge in [0.25, 0.3) is 0 Å². The molecule has 1 aromatic rings. The van der Waals surface area contributed by atoms with Crippen molar-refractivity contribution in [2.75, 3.05) is 11.9 Å². The van der Waals surface area contributed by atoms with E-state index in [0.29, 0.717) is 12.8 Å². The molecule has 0 heterocycles. The van der Waals surface area contributed by atoms with Crippen molar-refractivity contribution in [2.24, 2.45) is 0 Å². The Kier molecular flexibility index (Phi) is 5.13. The van der Waals surface area contributed by atoms with E-state index in [2.05, 4.69) is 5.32 Å². The van der Waals surface area contributed by atoms with E-state index in [1.165, 1.54) is 11.8 Å². The van der Waals surface area contributed by atoms with Crippen LogP contribution in [0, 0.1) is 6.92 Å². The fourth-order valence-electron chi connectivity index (χ4n) is 2.09. The van der Waals surface area contributed by atoms with E-state index in [0.717, 1.165) is 11.3 Å². The van der Waals surface area contributed by atoms with Gasteiger partial charge in [0.2, 0.25) is 0 Å². The third-order valence-corrected chi connectivity index (χ3v) is 3.39. The molecule has 1 atom stereocenters. The van der Waals surface area contributed by atoms with Crippen LogP contribution in [0.2, 0.25) is 0 Å². The molecule has 2 amide bonds. The Morgan fingerprint density at radius 3 is 2.45 bits per heavy atom. The predicted molar refractivity (Wildman–Crippen MR) is 79.1 cm³/mol. The van der Waals surface area contributed by atoms with Crippen LogP contribution in [0.5, 0.6) is 0 Å². The normalized spacial score (nSPS) is 13.4. The number of carboxylic acids is 1. The second-order valence-electron chi connectivity index (χ2n) is 5.16. The molecule has 0 aliphatic rings. The van der Waals surface area contributed by atoms with Gasteiger partial charge >= 0.3 is 12.0 Å². The summed E-state index contributed by atoms with van der Waals surface area (Å²) in [7, 11) is 1.63. The molecule has 0 saturated carbocycles. The highest BCUT2D eigenvalue weighted by Gasteiger charge is 2.34. The van der Waals surface area contributed by atoms with Gasteiger partial charge in [-0.2, -0.15) is 0 Å². The molecule has 1 unspecified atom stereocenters. The zero-order chi connectivity index (χ0) is 15.3. The van der Waals surface area contributed by atoms with E-state index in [1.807, 2.05) is 38.1 Å². The number of rotatable bonds is 5. The van der Waals surface area contributed by atoms with Crippen LogP contribution in [0.25, 0.3) is 0 Å². The molecule has 5 nitrogen and oxygen atoms in total. The molecule has 0 aliphatic heterocycles. The van der Waals surface area contributed by atoms with Gasteiger partial charge in [-0.1, -0.05) is 31.5 Å². The van der Waals surface area contributed by atoms with Crippen LogP contribution in [0.1, 0.15) is 32.3 Å². The van der Waals surface area contributed by atoms with E-state index >= 15 is 0 Å². The summed E-state index contributed by atoms with van der Waals surface area (Å²) >= 11 is 0. The SMILES string of the molecule is CCCC(C)(NC(=O)N(C)c1ccccc1C)C(=O)O. The number of carbonyl (C=O) groups is 2. The molecular weight excluding hydrogens is 256 g/mol. The van der Waals surface area contributed by atoms with E-state index in [-0.39, 0.29) is 0 Å². The first-order valence-electron chi connectivity index (χ1n) is 6.66. The van der Waals surface area contributed by atoms with Gasteiger partial charge in [-0.05, 0) is 31.9 Å². The molecule has 0 radical (unpaired) electrons. The minimum absolute atomic E-state index is 0.385. The van der Waals surface area contributed by atoms with Crippen molar-refractivity contribution in [3.63, 3.8) is 0 Å². The summed E-state index contributed by atoms with van der Waals surface area (Å²) in [6, 6.07) is 7.05. The van der Waals surface area contributed by atoms with Crippen molar-refractivity contribution >= 4 is 17.7 Å². The minimum Gasteiger partial charge on any atom is -0.480 e. The number of aliphatic carboxylic acids is 1. The molecule has 0 aromatic heterocycles. The summed E-state index contributed by atoms with van der Waals surface area (Å²) in [5.74, 6) is -1.02. The van der Waals surface area contributed by atoms with Gasteiger partial charge in [0.1, 0.15) is 5.54 Å². The molecule has 0 saturated heterocycles. The van der Waals surface area contributed by atoms with Crippen LogP contribution < -0.4 is 10.2 Å². The van der Waals surface area contributed by atoms with E-state index in [4.69, 9.17) is 0 Å². The van der Waals surface area contributed by atoms with Gasteiger partial charge < -0.3 is 10.4 Å². The van der Waals surface area contributed by atoms with Crippen LogP contribution in [0.4, 0.5) is 10.5 Å². The number of carboxylic acid groups (broad SMARTS) is 1. The van der Waals surface area contributed by atoms with Crippen molar-refractivity contribution in [2.45, 2.75) is 39.2 Å². The zero-order valence-corrected chi connectivity index (χ0v) is 12.4. The largest absolute Gasteiger partial charge is 0.480 e. The van der Waals surface area contributed by atoms with Crippen molar-refractivity contribution in [3.05, 3.63) is 29.8 Å². The number of urea groups is 1. The highest BCUT2D eigenvalue weighted by atomic mass is 16.4. The number of aryl methyl sites for hydroxylation is 1. The number of nitrogens with zero attached hydrogens (tertiary/aromatic N) is 1. The van der Waals surface area contributed by atoms with Gasteiger partial charge in [-0.3, -0.25) is 4.90 Å². The lowest BCUT2D eigenvalue weighted by atomic mass is 9.96. The Bertz CT molecular complexity index is 502. The van der Waals surface area contributed by atoms with E-state index in [1.54, 1.807) is 7.05 Å². The first-order valence-corrected chi connectivity index (χ1v) is 6.66. The Hall–Kier alpha value is -2.04. The van der Waals surface area contributed by atoms with Crippen molar-refractivity contribution in [1.82, 2.24) is 5.32 Å². The lowest BCUT2D eigenvalue weighted by Gasteiger charge is -2.29. The summed E-state index contributed by atoms with van der Waals surface area (Å²) in [5, 5.41) is 11.9. The van der Waals surface area contributed by atoms with Crippen LogP contribution in [0.3, 0.4) is 0 Å². The molecule has 0 bridgehead atoms. The molecule has 1 rings (SSSR count). The molecule has 5 heteroatoms. The number of hydrogen-bond acceptors (Lipinski definition) is 2. The van der Waals surface area contributed by atoms with Gasteiger partial charge in [0.05, 0.1) is 0 Å². The molecule has 0 fully saturated rings. The lowest BCUT2D eigenvalue weighted by molar-refractivity contribution is -0.144. The Morgan fingerprint density at radius 1 is 1.35 bits per heavy atom. The molecule has 1 aromatic carbocycles. The number of nitrogens with one attached hydrogen (secondary N) is 1. The van der Waals surface area contributed by atoms with Crippen molar-refractivity contribution in [1.29, 1.82) is 0 Å².